The molecule has 0 radical (unpaired) electrons. The van der Waals surface area contributed by atoms with Gasteiger partial charge in [0.15, 0.2) is 0 Å². The molecule has 1 atom stereocenters. The summed E-state index contributed by atoms with van der Waals surface area (Å²) in [5.74, 6) is -1.13. The first kappa shape index (κ1) is 14.8. The summed E-state index contributed by atoms with van der Waals surface area (Å²) in [6, 6.07) is -1.51. The minimum Gasteiger partial charge on any atom is -0.480 e. The second-order valence-electron chi connectivity index (χ2n) is 4.94. The van der Waals surface area contributed by atoms with Crippen molar-refractivity contribution in [2.24, 2.45) is 5.41 Å². The Hall–Kier alpha value is -1.30. The summed E-state index contributed by atoms with van der Waals surface area (Å²) >= 11 is 0. The third-order valence-corrected chi connectivity index (χ3v) is 3.81. The predicted octanol–water partition coefficient (Wildman–Crippen LogP) is 0.701. The summed E-state index contributed by atoms with van der Waals surface area (Å²) in [6.07, 6.45) is 4.46. The van der Waals surface area contributed by atoms with Crippen molar-refractivity contribution in [3.8, 4) is 0 Å². The van der Waals surface area contributed by atoms with Crippen LogP contribution in [0.5, 0.6) is 0 Å². The molecule has 104 valence electrons. The van der Waals surface area contributed by atoms with E-state index in [0.29, 0.717) is 6.54 Å². The van der Waals surface area contributed by atoms with Gasteiger partial charge in [0.1, 0.15) is 6.04 Å². The summed E-state index contributed by atoms with van der Waals surface area (Å²) in [5, 5.41) is 22.6. The average Bonchev–Trinajstić information content (AvgIpc) is 2.27. The number of aliphatic hydroxyl groups is 1. The Balaban J connectivity index is 2.33. The minimum absolute atomic E-state index is 0.0155. The number of carboxylic acids is 1. The van der Waals surface area contributed by atoms with E-state index in [9.17, 15) is 9.59 Å². The highest BCUT2D eigenvalue weighted by molar-refractivity contribution is 5.82. The van der Waals surface area contributed by atoms with Crippen LogP contribution >= 0.6 is 0 Å². The lowest BCUT2D eigenvalue weighted by Gasteiger charge is -2.41. The van der Waals surface area contributed by atoms with Crippen molar-refractivity contribution in [1.29, 1.82) is 0 Å². The Morgan fingerprint density at radius 3 is 2.44 bits per heavy atom. The number of carbonyl (C=O) groups excluding carboxylic acids is 1. The van der Waals surface area contributed by atoms with Gasteiger partial charge in [-0.2, -0.15) is 0 Å². The van der Waals surface area contributed by atoms with Crippen LogP contribution in [0.15, 0.2) is 0 Å². The third-order valence-electron chi connectivity index (χ3n) is 3.81. The van der Waals surface area contributed by atoms with Gasteiger partial charge in [-0.3, -0.25) is 0 Å². The third kappa shape index (κ3) is 3.87. The van der Waals surface area contributed by atoms with Crippen LogP contribution < -0.4 is 10.6 Å². The Kier molecular flexibility index (Phi) is 5.40. The quantitative estimate of drug-likeness (QED) is 0.540. The maximum Gasteiger partial charge on any atom is 0.326 e. The second kappa shape index (κ2) is 6.58. The molecule has 18 heavy (non-hydrogen) atoms. The Morgan fingerprint density at radius 2 is 2.06 bits per heavy atom. The largest absolute Gasteiger partial charge is 0.480 e. The predicted molar refractivity (Wildman–Crippen MR) is 66.2 cm³/mol. The molecule has 0 spiro atoms. The zero-order valence-electron chi connectivity index (χ0n) is 10.7. The van der Waals surface area contributed by atoms with E-state index in [-0.39, 0.29) is 18.4 Å². The Morgan fingerprint density at radius 1 is 1.39 bits per heavy atom. The Labute approximate surface area is 107 Å². The van der Waals surface area contributed by atoms with Crippen molar-refractivity contribution in [2.75, 3.05) is 13.2 Å². The highest BCUT2D eigenvalue weighted by Gasteiger charge is 2.35. The van der Waals surface area contributed by atoms with E-state index in [4.69, 9.17) is 10.2 Å². The summed E-state index contributed by atoms with van der Waals surface area (Å²) in [5.41, 5.74) is 0.201. The fourth-order valence-electron chi connectivity index (χ4n) is 2.20. The van der Waals surface area contributed by atoms with E-state index in [2.05, 4.69) is 17.6 Å². The molecule has 6 nitrogen and oxygen atoms in total. The van der Waals surface area contributed by atoms with Crippen LogP contribution in [0.25, 0.3) is 0 Å². The lowest BCUT2D eigenvalue weighted by Crippen LogP contribution is -2.50. The first-order valence-corrected chi connectivity index (χ1v) is 6.41. The maximum atomic E-state index is 11.6. The topological polar surface area (TPSA) is 98.7 Å². The SMILES string of the molecule is CCC1(CNC(=O)N[C@@H](CCO)C(=O)O)CCC1. The number of aliphatic carboxylic acids is 1. The molecule has 1 aliphatic carbocycles. The summed E-state index contributed by atoms with van der Waals surface area (Å²) in [4.78, 5) is 22.4. The van der Waals surface area contributed by atoms with Crippen LogP contribution in [0.1, 0.15) is 39.0 Å². The number of urea groups is 1. The van der Waals surface area contributed by atoms with E-state index in [1.54, 1.807) is 0 Å². The average molecular weight is 258 g/mol. The van der Waals surface area contributed by atoms with Gasteiger partial charge in [-0.05, 0) is 24.7 Å². The number of nitrogens with one attached hydrogen (secondary N) is 2. The first-order valence-electron chi connectivity index (χ1n) is 6.41. The molecule has 1 fully saturated rings. The number of rotatable bonds is 7. The van der Waals surface area contributed by atoms with Crippen molar-refractivity contribution >= 4 is 12.0 Å². The molecule has 0 unspecified atom stereocenters. The van der Waals surface area contributed by atoms with E-state index >= 15 is 0 Å². The highest BCUT2D eigenvalue weighted by Crippen LogP contribution is 2.42. The monoisotopic (exact) mass is 258 g/mol. The molecule has 0 aliphatic heterocycles. The number of hydrogen-bond acceptors (Lipinski definition) is 3. The van der Waals surface area contributed by atoms with Gasteiger partial charge in [-0.15, -0.1) is 0 Å². The second-order valence-corrected chi connectivity index (χ2v) is 4.94. The molecule has 1 aliphatic rings. The normalized spacial score (nSPS) is 18.6. The van der Waals surface area contributed by atoms with Crippen LogP contribution in [-0.2, 0) is 4.79 Å². The maximum absolute atomic E-state index is 11.6. The number of hydrogen-bond donors (Lipinski definition) is 4. The van der Waals surface area contributed by atoms with Gasteiger partial charge in [-0.25, -0.2) is 9.59 Å². The van der Waals surface area contributed by atoms with Gasteiger partial charge in [-0.1, -0.05) is 13.3 Å². The lowest BCUT2D eigenvalue weighted by molar-refractivity contribution is -0.139. The van der Waals surface area contributed by atoms with E-state index in [1.807, 2.05) is 0 Å². The van der Waals surface area contributed by atoms with Gasteiger partial charge in [0.2, 0.25) is 0 Å². The zero-order valence-corrected chi connectivity index (χ0v) is 10.7. The standard InChI is InChI=1S/C12H22N2O4/c1-2-12(5-3-6-12)8-13-11(18)14-9(4-7-15)10(16)17/h9,15H,2-8H2,1H3,(H,16,17)(H2,13,14,18)/t9-/m0/s1. The van der Waals surface area contributed by atoms with Crippen LogP contribution in [0.4, 0.5) is 4.79 Å². The van der Waals surface area contributed by atoms with Gasteiger partial charge < -0.3 is 20.8 Å². The van der Waals surface area contributed by atoms with Gasteiger partial charge in [0.05, 0.1) is 0 Å². The van der Waals surface area contributed by atoms with Crippen molar-refractivity contribution in [3.63, 3.8) is 0 Å². The molecule has 6 heteroatoms. The van der Waals surface area contributed by atoms with Crippen molar-refractivity contribution in [1.82, 2.24) is 10.6 Å². The molecule has 0 heterocycles. The van der Waals surface area contributed by atoms with Crippen molar-refractivity contribution in [3.05, 3.63) is 0 Å². The van der Waals surface area contributed by atoms with Crippen LogP contribution in [0.2, 0.25) is 0 Å². The molecule has 0 aromatic heterocycles. The Bertz CT molecular complexity index is 297. The zero-order chi connectivity index (χ0) is 13.6. The van der Waals surface area contributed by atoms with E-state index < -0.39 is 18.0 Å². The van der Waals surface area contributed by atoms with Gasteiger partial charge in [0, 0.05) is 19.6 Å². The van der Waals surface area contributed by atoms with Gasteiger partial charge in [0.25, 0.3) is 0 Å². The molecule has 0 saturated heterocycles. The first-order chi connectivity index (χ1) is 8.53. The molecule has 1 saturated carbocycles. The smallest absolute Gasteiger partial charge is 0.326 e. The van der Waals surface area contributed by atoms with Crippen LogP contribution in [-0.4, -0.2) is 41.4 Å². The molecule has 4 N–H and O–H groups in total. The fourth-order valence-corrected chi connectivity index (χ4v) is 2.20. The van der Waals surface area contributed by atoms with Crippen molar-refractivity contribution < 1.29 is 19.8 Å². The molecule has 1 rings (SSSR count). The van der Waals surface area contributed by atoms with E-state index in [1.165, 1.54) is 6.42 Å². The van der Waals surface area contributed by atoms with Crippen LogP contribution in [0.3, 0.4) is 0 Å². The minimum atomic E-state index is -1.13. The lowest BCUT2D eigenvalue weighted by atomic mass is 9.67. The molecule has 0 aromatic rings. The van der Waals surface area contributed by atoms with Gasteiger partial charge >= 0.3 is 12.0 Å². The molecule has 0 bridgehead atoms. The van der Waals surface area contributed by atoms with Crippen molar-refractivity contribution in [2.45, 2.75) is 45.1 Å². The summed E-state index contributed by atoms with van der Waals surface area (Å²) in [6.45, 7) is 2.42. The fraction of sp³-hybridized carbons (Fsp3) is 0.833. The van der Waals surface area contributed by atoms with Crippen LogP contribution in [0, 0.1) is 5.41 Å². The number of amides is 2. The molecule has 0 aromatic carbocycles. The van der Waals surface area contributed by atoms with E-state index in [0.717, 1.165) is 19.3 Å². The summed E-state index contributed by atoms with van der Waals surface area (Å²) < 4.78 is 0. The number of carboxylic acid groups (broad SMARTS) is 1. The summed E-state index contributed by atoms with van der Waals surface area (Å²) in [7, 11) is 0. The molecule has 2 amide bonds. The molecular weight excluding hydrogens is 236 g/mol. The number of aliphatic hydroxyl groups excluding tert-OH is 1. The number of carbonyl (C=O) groups is 2. The highest BCUT2D eigenvalue weighted by atomic mass is 16.4. The molecular formula is C12H22N2O4.